The maximum absolute atomic E-state index is 13.4. The van der Waals surface area contributed by atoms with Gasteiger partial charge in [-0.05, 0) is 37.8 Å². The van der Waals surface area contributed by atoms with Crippen LogP contribution < -0.4 is 10.1 Å². The van der Waals surface area contributed by atoms with Crippen molar-refractivity contribution in [3.63, 3.8) is 0 Å². The van der Waals surface area contributed by atoms with E-state index in [0.717, 1.165) is 12.8 Å². The largest absolute Gasteiger partial charge is 0.479 e. The van der Waals surface area contributed by atoms with Gasteiger partial charge >= 0.3 is 6.03 Å². The van der Waals surface area contributed by atoms with Crippen LogP contribution in [0.3, 0.4) is 0 Å². The molecule has 1 aliphatic rings. The quantitative estimate of drug-likeness (QED) is 0.838. The smallest absolute Gasteiger partial charge is 0.321 e. The molecule has 1 aromatic carbocycles. The molecule has 1 atom stereocenters. The van der Waals surface area contributed by atoms with Gasteiger partial charge in [-0.15, -0.1) is 6.42 Å². The highest BCUT2D eigenvalue weighted by molar-refractivity contribution is 5.91. The summed E-state index contributed by atoms with van der Waals surface area (Å²) in [6.45, 7) is 2.91. The summed E-state index contributed by atoms with van der Waals surface area (Å²) in [5, 5.41) is 12.3. The second-order valence-corrected chi connectivity index (χ2v) is 5.63. The fourth-order valence-corrected chi connectivity index (χ4v) is 2.62. The summed E-state index contributed by atoms with van der Waals surface area (Å²) in [6.07, 6.45) is 6.27. The summed E-state index contributed by atoms with van der Waals surface area (Å²) < 4.78 is 18.7. The van der Waals surface area contributed by atoms with Crippen LogP contribution in [0.1, 0.15) is 19.8 Å². The van der Waals surface area contributed by atoms with E-state index in [1.54, 1.807) is 11.8 Å². The highest BCUT2D eigenvalue weighted by Gasteiger charge is 2.25. The lowest BCUT2D eigenvalue weighted by Gasteiger charge is -2.33. The van der Waals surface area contributed by atoms with E-state index in [9.17, 15) is 14.3 Å². The highest BCUT2D eigenvalue weighted by atomic mass is 19.1. The number of likely N-dealkylation sites (tertiary alicyclic amines) is 1. The van der Waals surface area contributed by atoms with Gasteiger partial charge in [0.05, 0.1) is 11.8 Å². The lowest BCUT2D eigenvalue weighted by atomic mass is 9.92. The maximum Gasteiger partial charge on any atom is 0.321 e. The number of aliphatic hydroxyl groups excluding tert-OH is 1. The number of ether oxygens (including phenoxy) is 1. The molecule has 5 nitrogen and oxygen atoms in total. The molecule has 1 saturated heterocycles. The number of hydrogen-bond acceptors (Lipinski definition) is 3. The molecule has 1 fully saturated rings. The Labute approximate surface area is 135 Å². The molecule has 23 heavy (non-hydrogen) atoms. The Kier molecular flexibility index (Phi) is 5.83. The summed E-state index contributed by atoms with van der Waals surface area (Å²) in [6, 6.07) is 3.56. The van der Waals surface area contributed by atoms with Gasteiger partial charge in [-0.3, -0.25) is 0 Å². The number of carbonyl (C=O) groups is 1. The second kappa shape index (κ2) is 7.84. The van der Waals surface area contributed by atoms with Crippen molar-refractivity contribution in [1.29, 1.82) is 0 Å². The van der Waals surface area contributed by atoms with E-state index in [2.05, 4.69) is 11.2 Å². The first kappa shape index (κ1) is 17.1. The van der Waals surface area contributed by atoms with Gasteiger partial charge in [-0.25, -0.2) is 9.18 Å². The third-order valence-electron chi connectivity index (χ3n) is 4.00. The van der Waals surface area contributed by atoms with Crippen molar-refractivity contribution in [3.8, 4) is 18.1 Å². The van der Waals surface area contributed by atoms with E-state index in [4.69, 9.17) is 11.2 Å². The molecule has 0 radical (unpaired) electrons. The van der Waals surface area contributed by atoms with E-state index >= 15 is 0 Å². The van der Waals surface area contributed by atoms with Crippen molar-refractivity contribution in [2.75, 3.05) is 25.0 Å². The zero-order chi connectivity index (χ0) is 16.8. The Morgan fingerprint density at radius 2 is 2.26 bits per heavy atom. The minimum atomic E-state index is -0.471. The van der Waals surface area contributed by atoms with Crippen LogP contribution in [0.4, 0.5) is 14.9 Å². The SMILES string of the molecule is C#CCOc1ccc(F)cc1NC(=O)N1CCC(C(C)O)CC1. The topological polar surface area (TPSA) is 61.8 Å². The van der Waals surface area contributed by atoms with Gasteiger partial charge in [0.25, 0.3) is 0 Å². The van der Waals surface area contributed by atoms with Crippen LogP contribution in [0.25, 0.3) is 0 Å². The standard InChI is InChI=1S/C17H21FN2O3/c1-3-10-23-16-5-4-14(18)11-15(16)19-17(22)20-8-6-13(7-9-20)12(2)21/h1,4-5,11-13,21H,6-10H2,2H3,(H,19,22). The number of amides is 2. The maximum atomic E-state index is 13.4. The molecular weight excluding hydrogens is 299 g/mol. The van der Waals surface area contributed by atoms with Crippen molar-refractivity contribution in [3.05, 3.63) is 24.0 Å². The molecule has 1 heterocycles. The number of carbonyl (C=O) groups excluding carboxylic acids is 1. The Bertz CT molecular complexity index is 590. The zero-order valence-electron chi connectivity index (χ0n) is 13.1. The average Bonchev–Trinajstić information content (AvgIpc) is 2.54. The molecule has 1 aromatic rings. The van der Waals surface area contributed by atoms with E-state index in [-0.39, 0.29) is 30.3 Å². The number of hydrogen-bond donors (Lipinski definition) is 2. The van der Waals surface area contributed by atoms with Crippen LogP contribution in [0.2, 0.25) is 0 Å². The third-order valence-corrected chi connectivity index (χ3v) is 4.00. The number of anilines is 1. The average molecular weight is 320 g/mol. The fourth-order valence-electron chi connectivity index (χ4n) is 2.62. The summed E-state index contributed by atoms with van der Waals surface area (Å²) >= 11 is 0. The number of benzene rings is 1. The molecule has 2 N–H and O–H groups in total. The molecule has 1 aliphatic heterocycles. The number of halogens is 1. The van der Waals surface area contributed by atoms with Gasteiger partial charge in [0.1, 0.15) is 18.2 Å². The first-order chi connectivity index (χ1) is 11.0. The Hall–Kier alpha value is -2.26. The van der Waals surface area contributed by atoms with Crippen LogP contribution in [0.15, 0.2) is 18.2 Å². The Morgan fingerprint density at radius 3 is 2.87 bits per heavy atom. The molecule has 0 aliphatic carbocycles. The molecule has 0 spiro atoms. The number of rotatable bonds is 4. The number of nitrogens with one attached hydrogen (secondary N) is 1. The van der Waals surface area contributed by atoms with Crippen LogP contribution in [-0.4, -0.2) is 41.8 Å². The number of piperidine rings is 1. The number of nitrogens with zero attached hydrogens (tertiary/aromatic N) is 1. The van der Waals surface area contributed by atoms with Gasteiger partial charge in [-0.1, -0.05) is 5.92 Å². The summed E-state index contributed by atoms with van der Waals surface area (Å²) in [4.78, 5) is 14.0. The van der Waals surface area contributed by atoms with Gasteiger partial charge < -0.3 is 20.1 Å². The molecular formula is C17H21FN2O3. The van der Waals surface area contributed by atoms with Crippen molar-refractivity contribution >= 4 is 11.7 Å². The fraction of sp³-hybridized carbons (Fsp3) is 0.471. The number of aliphatic hydroxyl groups is 1. The zero-order valence-corrected chi connectivity index (χ0v) is 13.1. The number of terminal acetylenes is 1. The molecule has 1 unspecified atom stereocenters. The number of urea groups is 1. The lowest BCUT2D eigenvalue weighted by Crippen LogP contribution is -2.42. The predicted molar refractivity (Wildman–Crippen MR) is 85.7 cm³/mol. The minimum absolute atomic E-state index is 0.0360. The van der Waals surface area contributed by atoms with Crippen LogP contribution in [0.5, 0.6) is 5.75 Å². The third kappa shape index (κ3) is 4.60. The Morgan fingerprint density at radius 1 is 1.57 bits per heavy atom. The lowest BCUT2D eigenvalue weighted by molar-refractivity contribution is 0.0820. The minimum Gasteiger partial charge on any atom is -0.479 e. The van der Waals surface area contributed by atoms with E-state index in [1.807, 2.05) is 0 Å². The van der Waals surface area contributed by atoms with Crippen LogP contribution >= 0.6 is 0 Å². The second-order valence-electron chi connectivity index (χ2n) is 5.63. The van der Waals surface area contributed by atoms with Gasteiger partial charge in [0.15, 0.2) is 0 Å². The molecule has 6 heteroatoms. The van der Waals surface area contributed by atoms with E-state index in [1.165, 1.54) is 18.2 Å². The normalized spacial score (nSPS) is 16.5. The van der Waals surface area contributed by atoms with Gasteiger partial charge in [0, 0.05) is 19.2 Å². The highest BCUT2D eigenvalue weighted by Crippen LogP contribution is 2.27. The Balaban J connectivity index is 2.00. The van der Waals surface area contributed by atoms with Crippen LogP contribution in [0, 0.1) is 24.1 Å². The first-order valence-corrected chi connectivity index (χ1v) is 7.61. The molecule has 0 bridgehead atoms. The van der Waals surface area contributed by atoms with Crippen molar-refractivity contribution in [1.82, 2.24) is 4.90 Å². The molecule has 0 saturated carbocycles. The molecule has 0 aromatic heterocycles. The van der Waals surface area contributed by atoms with Crippen molar-refractivity contribution in [2.24, 2.45) is 5.92 Å². The van der Waals surface area contributed by atoms with Gasteiger partial charge in [0.2, 0.25) is 0 Å². The van der Waals surface area contributed by atoms with Crippen molar-refractivity contribution in [2.45, 2.75) is 25.9 Å². The summed E-state index contributed by atoms with van der Waals surface area (Å²) in [5.74, 6) is 2.40. The molecule has 124 valence electrons. The summed E-state index contributed by atoms with van der Waals surface area (Å²) in [7, 11) is 0. The van der Waals surface area contributed by atoms with Gasteiger partial charge in [-0.2, -0.15) is 0 Å². The molecule has 2 rings (SSSR count). The molecule has 2 amide bonds. The predicted octanol–water partition coefficient (Wildman–Crippen LogP) is 2.46. The monoisotopic (exact) mass is 320 g/mol. The van der Waals surface area contributed by atoms with E-state index < -0.39 is 5.82 Å². The van der Waals surface area contributed by atoms with E-state index in [0.29, 0.717) is 18.8 Å². The van der Waals surface area contributed by atoms with Crippen LogP contribution in [-0.2, 0) is 0 Å². The first-order valence-electron chi connectivity index (χ1n) is 7.61. The summed E-state index contributed by atoms with van der Waals surface area (Å²) in [5.41, 5.74) is 0.253. The van der Waals surface area contributed by atoms with Crippen molar-refractivity contribution < 1.29 is 19.0 Å².